The fraction of sp³-hybridized carbons (Fsp3) is 0.389. The Labute approximate surface area is 149 Å². The monoisotopic (exact) mass is 350 g/mol. The molecule has 1 fully saturated rings. The minimum Gasteiger partial charge on any atom is -0.332 e. The van der Waals surface area contributed by atoms with E-state index < -0.39 is 0 Å². The summed E-state index contributed by atoms with van der Waals surface area (Å²) >= 11 is 0. The molecule has 1 saturated carbocycles. The summed E-state index contributed by atoms with van der Waals surface area (Å²) in [5.41, 5.74) is 4.00. The molecular weight excluding hydrogens is 332 g/mol. The largest absolute Gasteiger partial charge is 0.332 e. The Morgan fingerprint density at radius 2 is 2.15 bits per heavy atom. The Balaban J connectivity index is 1.46. The van der Waals surface area contributed by atoms with Gasteiger partial charge in [0, 0.05) is 24.7 Å². The third-order valence-corrected chi connectivity index (χ3v) is 5.05. The van der Waals surface area contributed by atoms with Crippen molar-refractivity contribution in [1.29, 1.82) is 0 Å². The second-order valence-corrected chi connectivity index (χ2v) is 6.96. The van der Waals surface area contributed by atoms with Crippen molar-refractivity contribution < 1.29 is 9.32 Å². The molecule has 0 aromatic carbocycles. The van der Waals surface area contributed by atoms with Gasteiger partial charge in [-0.05, 0) is 31.4 Å². The lowest BCUT2D eigenvalue weighted by Gasteiger charge is -2.16. The van der Waals surface area contributed by atoms with Crippen LogP contribution in [0.5, 0.6) is 0 Å². The van der Waals surface area contributed by atoms with Crippen molar-refractivity contribution in [2.24, 2.45) is 7.05 Å². The molecule has 0 spiro atoms. The zero-order chi connectivity index (χ0) is 17.8. The molecule has 1 amide bonds. The van der Waals surface area contributed by atoms with Gasteiger partial charge in [-0.1, -0.05) is 11.2 Å². The van der Waals surface area contributed by atoms with Gasteiger partial charge in [-0.3, -0.25) is 14.5 Å². The molecule has 132 valence electrons. The Hall–Kier alpha value is -3.03. The lowest BCUT2D eigenvalue weighted by Crippen LogP contribution is -2.27. The van der Waals surface area contributed by atoms with Crippen LogP contribution in [0.3, 0.4) is 0 Å². The van der Waals surface area contributed by atoms with Crippen LogP contribution < -0.4 is 0 Å². The van der Waals surface area contributed by atoms with E-state index in [0.29, 0.717) is 36.3 Å². The second-order valence-electron chi connectivity index (χ2n) is 6.96. The molecule has 3 aromatic rings. The number of amides is 1. The van der Waals surface area contributed by atoms with Crippen molar-refractivity contribution in [1.82, 2.24) is 29.8 Å². The summed E-state index contributed by atoms with van der Waals surface area (Å²) in [5.74, 6) is 1.55. The number of nitrogens with zero attached hydrogens (tertiary/aromatic N) is 6. The van der Waals surface area contributed by atoms with Crippen molar-refractivity contribution in [3.63, 3.8) is 0 Å². The maximum absolute atomic E-state index is 12.9. The van der Waals surface area contributed by atoms with E-state index >= 15 is 0 Å². The SMILES string of the molecule is Cc1cccnc1C(=O)N1Cc2c(-c3nc(C4CC4)no3)nn(C)c2C1. The first kappa shape index (κ1) is 15.2. The highest BCUT2D eigenvalue weighted by Gasteiger charge is 2.34. The van der Waals surface area contributed by atoms with E-state index in [0.717, 1.165) is 35.5 Å². The maximum atomic E-state index is 12.9. The minimum atomic E-state index is -0.0746. The molecule has 8 nitrogen and oxygen atoms in total. The fourth-order valence-corrected chi connectivity index (χ4v) is 3.41. The molecule has 3 aromatic heterocycles. The Bertz CT molecular complexity index is 1020. The quantitative estimate of drug-likeness (QED) is 0.719. The van der Waals surface area contributed by atoms with E-state index in [-0.39, 0.29) is 5.91 Å². The Morgan fingerprint density at radius 3 is 2.92 bits per heavy atom. The third kappa shape index (κ3) is 2.33. The van der Waals surface area contributed by atoms with Gasteiger partial charge in [-0.25, -0.2) is 0 Å². The number of carbonyl (C=O) groups is 1. The van der Waals surface area contributed by atoms with Gasteiger partial charge in [0.15, 0.2) is 11.5 Å². The first-order chi connectivity index (χ1) is 12.6. The van der Waals surface area contributed by atoms with Crippen molar-refractivity contribution in [2.45, 2.75) is 38.8 Å². The zero-order valence-electron chi connectivity index (χ0n) is 14.6. The van der Waals surface area contributed by atoms with E-state index in [1.807, 2.05) is 26.1 Å². The van der Waals surface area contributed by atoms with Gasteiger partial charge in [0.05, 0.1) is 18.8 Å². The summed E-state index contributed by atoms with van der Waals surface area (Å²) < 4.78 is 7.23. The van der Waals surface area contributed by atoms with Crippen molar-refractivity contribution in [3.8, 4) is 11.6 Å². The number of aryl methyl sites for hydroxylation is 2. The number of hydrogen-bond donors (Lipinski definition) is 0. The van der Waals surface area contributed by atoms with Crippen LogP contribution in [0, 0.1) is 6.92 Å². The predicted molar refractivity (Wildman–Crippen MR) is 91.0 cm³/mol. The molecule has 0 bridgehead atoms. The maximum Gasteiger partial charge on any atom is 0.278 e. The normalized spacial score (nSPS) is 16.2. The van der Waals surface area contributed by atoms with Gasteiger partial charge in [0.25, 0.3) is 11.8 Å². The van der Waals surface area contributed by atoms with Gasteiger partial charge < -0.3 is 9.42 Å². The van der Waals surface area contributed by atoms with Crippen LogP contribution in [0.25, 0.3) is 11.6 Å². The second kappa shape index (κ2) is 5.48. The number of rotatable bonds is 3. The van der Waals surface area contributed by atoms with Crippen LogP contribution in [0.1, 0.15) is 51.9 Å². The fourth-order valence-electron chi connectivity index (χ4n) is 3.41. The average Bonchev–Trinajstić information content (AvgIpc) is 3.09. The smallest absolute Gasteiger partial charge is 0.278 e. The third-order valence-electron chi connectivity index (χ3n) is 5.05. The highest BCUT2D eigenvalue weighted by molar-refractivity contribution is 5.94. The summed E-state index contributed by atoms with van der Waals surface area (Å²) in [7, 11) is 1.88. The number of hydrogen-bond acceptors (Lipinski definition) is 6. The predicted octanol–water partition coefficient (Wildman–Crippen LogP) is 2.21. The molecule has 26 heavy (non-hydrogen) atoms. The summed E-state index contributed by atoms with van der Waals surface area (Å²) in [6.07, 6.45) is 3.88. The highest BCUT2D eigenvalue weighted by Crippen LogP contribution is 2.39. The van der Waals surface area contributed by atoms with E-state index in [2.05, 4.69) is 20.2 Å². The highest BCUT2D eigenvalue weighted by atomic mass is 16.5. The van der Waals surface area contributed by atoms with Gasteiger partial charge >= 0.3 is 0 Å². The lowest BCUT2D eigenvalue weighted by molar-refractivity contribution is 0.0741. The summed E-state index contributed by atoms with van der Waals surface area (Å²) in [4.78, 5) is 23.4. The molecule has 0 radical (unpaired) electrons. The Morgan fingerprint density at radius 1 is 1.31 bits per heavy atom. The van der Waals surface area contributed by atoms with Crippen LogP contribution >= 0.6 is 0 Å². The topological polar surface area (TPSA) is 89.9 Å². The van der Waals surface area contributed by atoms with Gasteiger partial charge in [-0.15, -0.1) is 0 Å². The van der Waals surface area contributed by atoms with E-state index in [9.17, 15) is 4.79 Å². The lowest BCUT2D eigenvalue weighted by atomic mass is 10.2. The number of fused-ring (bicyclic) bond motifs is 1. The molecule has 1 aliphatic heterocycles. The number of carbonyl (C=O) groups excluding carboxylic acids is 1. The van der Waals surface area contributed by atoms with Gasteiger partial charge in [-0.2, -0.15) is 10.1 Å². The van der Waals surface area contributed by atoms with Crippen LogP contribution in [0.4, 0.5) is 0 Å². The van der Waals surface area contributed by atoms with Crippen molar-refractivity contribution >= 4 is 5.91 Å². The summed E-state index contributed by atoms with van der Waals surface area (Å²) in [6.45, 7) is 2.86. The molecule has 0 atom stereocenters. The summed E-state index contributed by atoms with van der Waals surface area (Å²) in [6, 6.07) is 3.73. The first-order valence-corrected chi connectivity index (χ1v) is 8.71. The zero-order valence-corrected chi connectivity index (χ0v) is 14.6. The van der Waals surface area contributed by atoms with E-state index in [4.69, 9.17) is 4.52 Å². The van der Waals surface area contributed by atoms with E-state index in [1.165, 1.54) is 0 Å². The van der Waals surface area contributed by atoms with Gasteiger partial charge in [0.1, 0.15) is 5.69 Å². The van der Waals surface area contributed by atoms with Crippen molar-refractivity contribution in [2.75, 3.05) is 0 Å². The molecule has 0 unspecified atom stereocenters. The molecular formula is C18H18N6O2. The molecule has 0 N–H and O–H groups in total. The molecule has 1 aliphatic carbocycles. The standard InChI is InChI=1S/C18H18N6O2/c1-10-4-3-7-19-14(10)18(25)24-8-12-13(9-24)23(2)21-15(12)17-20-16(22-26-17)11-5-6-11/h3-4,7,11H,5-6,8-9H2,1-2H3. The van der Waals surface area contributed by atoms with Crippen LogP contribution in [0.15, 0.2) is 22.9 Å². The number of aromatic nitrogens is 5. The molecule has 8 heteroatoms. The summed E-state index contributed by atoms with van der Waals surface area (Å²) in [5, 5.41) is 8.62. The average molecular weight is 350 g/mol. The number of pyridine rings is 1. The van der Waals surface area contributed by atoms with Gasteiger partial charge in [0.2, 0.25) is 0 Å². The molecule has 0 saturated heterocycles. The molecule has 5 rings (SSSR count). The Kier molecular flexibility index (Phi) is 3.22. The van der Waals surface area contributed by atoms with E-state index in [1.54, 1.807) is 15.8 Å². The van der Waals surface area contributed by atoms with Crippen molar-refractivity contribution in [3.05, 3.63) is 46.7 Å². The first-order valence-electron chi connectivity index (χ1n) is 8.71. The van der Waals surface area contributed by atoms with Crippen LogP contribution in [-0.2, 0) is 20.1 Å². The molecule has 2 aliphatic rings. The van der Waals surface area contributed by atoms with Crippen LogP contribution in [0.2, 0.25) is 0 Å². The van der Waals surface area contributed by atoms with Crippen LogP contribution in [-0.4, -0.2) is 35.7 Å². The minimum absolute atomic E-state index is 0.0746. The molecule has 4 heterocycles.